The Morgan fingerprint density at radius 3 is 1.37 bits per heavy atom. The maximum Gasteiger partial charge on any atom is 0.472 e. The van der Waals surface area contributed by atoms with Crippen LogP contribution in [-0.2, 0) is 32.7 Å². The fraction of sp³-hybridized carbons (Fsp3) is 0.907. The number of allylic oxidation sites excluding steroid dienone is 2. The van der Waals surface area contributed by atoms with Crippen LogP contribution in [0.5, 0.6) is 0 Å². The molecule has 1 aliphatic carbocycles. The van der Waals surface area contributed by atoms with Gasteiger partial charge in [-0.05, 0) is 38.5 Å². The first-order chi connectivity index (χ1) is 27.4. The second-order valence-corrected chi connectivity index (χ2v) is 17.3. The topological polar surface area (TPSA) is 210 Å². The monoisotopic (exact) mass is 837 g/mol. The van der Waals surface area contributed by atoms with E-state index in [-0.39, 0.29) is 12.8 Å². The molecule has 57 heavy (non-hydrogen) atoms. The highest BCUT2D eigenvalue weighted by atomic mass is 31.2. The fourth-order valence-electron chi connectivity index (χ4n) is 6.93. The van der Waals surface area contributed by atoms with Crippen LogP contribution in [0.25, 0.3) is 0 Å². The van der Waals surface area contributed by atoms with E-state index in [1.165, 1.54) is 109 Å². The first-order valence-electron chi connectivity index (χ1n) is 22.5. The van der Waals surface area contributed by atoms with Crippen LogP contribution in [0.2, 0.25) is 0 Å². The number of unbranched alkanes of at least 4 members (excludes halogenated alkanes) is 23. The van der Waals surface area contributed by atoms with Gasteiger partial charge in [0.05, 0.1) is 6.61 Å². The third kappa shape index (κ3) is 27.1. The molecule has 0 heterocycles. The Morgan fingerprint density at radius 2 is 0.895 bits per heavy atom. The Balaban J connectivity index is 2.48. The molecule has 0 bridgehead atoms. The lowest BCUT2D eigenvalue weighted by Gasteiger charge is -2.41. The third-order valence-electron chi connectivity index (χ3n) is 10.6. The van der Waals surface area contributed by atoms with E-state index in [0.29, 0.717) is 12.8 Å². The number of hydrogen-bond acceptors (Lipinski definition) is 12. The number of aliphatic hydroxyl groups excluding tert-OH is 5. The molecule has 0 radical (unpaired) electrons. The predicted molar refractivity (Wildman–Crippen MR) is 221 cm³/mol. The lowest BCUT2D eigenvalue weighted by molar-refractivity contribution is -0.220. The van der Waals surface area contributed by atoms with Gasteiger partial charge in [-0.3, -0.25) is 18.6 Å². The van der Waals surface area contributed by atoms with Crippen molar-refractivity contribution >= 4 is 19.8 Å². The Hall–Kier alpha value is -1.41. The summed E-state index contributed by atoms with van der Waals surface area (Å²) in [5.41, 5.74) is 0. The largest absolute Gasteiger partial charge is 0.472 e. The molecule has 13 nitrogen and oxygen atoms in total. The maximum absolute atomic E-state index is 12.8. The summed E-state index contributed by atoms with van der Waals surface area (Å²) >= 11 is 0. The SMILES string of the molecule is CCCCCCCCCCC/C=C/CCCCC(=O)OC[C@@H](COP(=O)(O)OC1C(O)C(O)C(O)[C@H](O)C1O)OC(=O)CCCCCCCCCCCCCCC. The van der Waals surface area contributed by atoms with Crippen molar-refractivity contribution < 1.29 is 63.1 Å². The summed E-state index contributed by atoms with van der Waals surface area (Å²) in [6.45, 7) is 3.28. The maximum atomic E-state index is 12.8. The summed E-state index contributed by atoms with van der Waals surface area (Å²) < 4.78 is 33.4. The standard InChI is InChI=1S/C43H81O13P/c1-3-5-7-9-11-13-15-17-18-20-21-23-25-27-29-31-36(44)53-33-35(34-54-57(51,52)56-43-41(49)39(47)38(46)40(48)42(43)50)55-37(45)32-30-28-26-24-22-19-16-14-12-10-8-6-4-2/h21,23,35,38-43,46-50H,3-20,22,24-34H2,1-2H3,(H,51,52)/b23-21+/t35-,38?,39-,40?,41?,42?,43?/m0/s1. The van der Waals surface area contributed by atoms with E-state index in [1.807, 2.05) is 0 Å². The molecule has 1 fully saturated rings. The van der Waals surface area contributed by atoms with Crippen molar-refractivity contribution in [3.8, 4) is 0 Å². The number of ether oxygens (including phenoxy) is 2. The fourth-order valence-corrected chi connectivity index (χ4v) is 7.90. The van der Waals surface area contributed by atoms with Gasteiger partial charge in [-0.15, -0.1) is 0 Å². The summed E-state index contributed by atoms with van der Waals surface area (Å²) in [6, 6.07) is 0. The van der Waals surface area contributed by atoms with Crippen LogP contribution < -0.4 is 0 Å². The third-order valence-corrected chi connectivity index (χ3v) is 11.6. The van der Waals surface area contributed by atoms with Gasteiger partial charge in [-0.1, -0.05) is 154 Å². The molecule has 1 rings (SSSR count). The molecule has 6 N–H and O–H groups in total. The van der Waals surface area contributed by atoms with Gasteiger partial charge in [-0.25, -0.2) is 4.57 Å². The van der Waals surface area contributed by atoms with Crippen LogP contribution in [0.4, 0.5) is 0 Å². The highest BCUT2D eigenvalue weighted by Crippen LogP contribution is 2.47. The van der Waals surface area contributed by atoms with Crippen molar-refractivity contribution in [2.75, 3.05) is 13.2 Å². The number of carbonyl (C=O) groups is 2. The Morgan fingerprint density at radius 1 is 0.526 bits per heavy atom. The van der Waals surface area contributed by atoms with E-state index in [0.717, 1.165) is 44.9 Å². The molecule has 336 valence electrons. The van der Waals surface area contributed by atoms with Crippen molar-refractivity contribution in [3.63, 3.8) is 0 Å². The van der Waals surface area contributed by atoms with Gasteiger partial charge in [0.1, 0.15) is 43.2 Å². The predicted octanol–water partition coefficient (Wildman–Crippen LogP) is 8.28. The minimum Gasteiger partial charge on any atom is -0.462 e. The molecule has 0 aliphatic heterocycles. The molecule has 0 spiro atoms. The summed E-state index contributed by atoms with van der Waals surface area (Å²) in [5, 5.41) is 50.1. The summed E-state index contributed by atoms with van der Waals surface area (Å²) in [4.78, 5) is 35.6. The Bertz CT molecular complexity index is 1060. The number of carbonyl (C=O) groups excluding carboxylic acids is 2. The zero-order valence-corrected chi connectivity index (χ0v) is 36.3. The average molecular weight is 837 g/mol. The number of phosphoric ester groups is 1. The molecule has 6 unspecified atom stereocenters. The minimum atomic E-state index is -5.11. The molecule has 0 amide bonds. The van der Waals surface area contributed by atoms with Crippen molar-refractivity contribution in [3.05, 3.63) is 12.2 Å². The van der Waals surface area contributed by atoms with Gasteiger partial charge in [0.25, 0.3) is 0 Å². The molecule has 0 aromatic carbocycles. The van der Waals surface area contributed by atoms with Crippen LogP contribution in [-0.4, -0.2) is 98.3 Å². The molecule has 0 saturated heterocycles. The zero-order chi connectivity index (χ0) is 42.2. The number of rotatable bonds is 37. The molecule has 1 aliphatic rings. The number of phosphoric acid groups is 1. The Kier molecular flexibility index (Phi) is 32.3. The van der Waals surface area contributed by atoms with Gasteiger partial charge >= 0.3 is 19.8 Å². The van der Waals surface area contributed by atoms with Gasteiger partial charge < -0.3 is 39.9 Å². The van der Waals surface area contributed by atoms with E-state index < -0.39 is 75.7 Å². The van der Waals surface area contributed by atoms with E-state index in [4.69, 9.17) is 18.5 Å². The van der Waals surface area contributed by atoms with Crippen molar-refractivity contribution in [2.45, 2.75) is 236 Å². The van der Waals surface area contributed by atoms with Gasteiger partial charge in [-0.2, -0.15) is 0 Å². The molecule has 0 aromatic heterocycles. The normalized spacial score (nSPS) is 22.7. The van der Waals surface area contributed by atoms with Gasteiger partial charge in [0.2, 0.25) is 0 Å². The highest BCUT2D eigenvalue weighted by molar-refractivity contribution is 7.47. The summed E-state index contributed by atoms with van der Waals surface area (Å²) in [7, 11) is -5.11. The number of esters is 2. The lowest BCUT2D eigenvalue weighted by atomic mass is 9.85. The number of hydrogen-bond donors (Lipinski definition) is 6. The van der Waals surface area contributed by atoms with Crippen molar-refractivity contribution in [1.29, 1.82) is 0 Å². The van der Waals surface area contributed by atoms with Crippen LogP contribution in [0.3, 0.4) is 0 Å². The van der Waals surface area contributed by atoms with E-state index >= 15 is 0 Å². The Labute approximate surface area is 343 Å². The van der Waals surface area contributed by atoms with Crippen LogP contribution in [0.1, 0.15) is 194 Å². The molecular formula is C43H81O13P. The van der Waals surface area contributed by atoms with E-state index in [9.17, 15) is 44.6 Å². The molecule has 0 aromatic rings. The van der Waals surface area contributed by atoms with E-state index in [2.05, 4.69) is 26.0 Å². The minimum absolute atomic E-state index is 0.0979. The number of aliphatic hydroxyl groups is 5. The smallest absolute Gasteiger partial charge is 0.462 e. The molecular weight excluding hydrogens is 755 g/mol. The quantitative estimate of drug-likeness (QED) is 0.0151. The molecule has 8 atom stereocenters. The van der Waals surface area contributed by atoms with Crippen LogP contribution in [0, 0.1) is 0 Å². The van der Waals surface area contributed by atoms with Crippen LogP contribution >= 0.6 is 7.82 Å². The second-order valence-electron chi connectivity index (χ2n) is 15.9. The average Bonchev–Trinajstić information content (AvgIpc) is 3.19. The van der Waals surface area contributed by atoms with Gasteiger partial charge in [0, 0.05) is 12.8 Å². The first kappa shape index (κ1) is 53.6. The summed E-state index contributed by atoms with van der Waals surface area (Å²) in [5.74, 6) is -1.12. The molecule has 1 saturated carbocycles. The zero-order valence-electron chi connectivity index (χ0n) is 35.4. The summed E-state index contributed by atoms with van der Waals surface area (Å²) in [6.07, 6.45) is 21.3. The van der Waals surface area contributed by atoms with Crippen molar-refractivity contribution in [1.82, 2.24) is 0 Å². The van der Waals surface area contributed by atoms with Crippen LogP contribution in [0.15, 0.2) is 12.2 Å². The highest BCUT2D eigenvalue weighted by Gasteiger charge is 2.51. The van der Waals surface area contributed by atoms with Crippen molar-refractivity contribution in [2.24, 2.45) is 0 Å². The molecule has 14 heteroatoms. The first-order valence-corrected chi connectivity index (χ1v) is 24.0. The van der Waals surface area contributed by atoms with E-state index in [1.54, 1.807) is 0 Å². The second kappa shape index (κ2) is 34.3. The lowest BCUT2D eigenvalue weighted by Crippen LogP contribution is -2.64. The van der Waals surface area contributed by atoms with Gasteiger partial charge in [0.15, 0.2) is 6.10 Å².